The third kappa shape index (κ3) is 5.81. The van der Waals surface area contributed by atoms with E-state index in [-0.39, 0.29) is 30.1 Å². The van der Waals surface area contributed by atoms with Gasteiger partial charge in [-0.15, -0.1) is 0 Å². The summed E-state index contributed by atoms with van der Waals surface area (Å²) in [5.74, 6) is -4.99. The number of rotatable bonds is 8. The van der Waals surface area contributed by atoms with Gasteiger partial charge in [0.25, 0.3) is 5.91 Å². The average Bonchev–Trinajstić information content (AvgIpc) is 2.78. The summed E-state index contributed by atoms with van der Waals surface area (Å²) < 4.78 is 27.6. The van der Waals surface area contributed by atoms with Crippen LogP contribution in [-0.2, 0) is 28.4 Å². The molecule has 6 heteroatoms. The number of aryl methyl sites for hydroxylation is 2. The Balaban J connectivity index is 1.62. The summed E-state index contributed by atoms with van der Waals surface area (Å²) in [6.07, 6.45) is 0.245. The lowest BCUT2D eigenvalue weighted by atomic mass is 9.99. The van der Waals surface area contributed by atoms with Crippen LogP contribution in [0.1, 0.15) is 45.1 Å². The molecule has 3 aromatic rings. The molecule has 3 aromatic carbocycles. The summed E-state index contributed by atoms with van der Waals surface area (Å²) in [6.45, 7) is 4.81. The molecular weight excluding hydrogens is 436 g/mol. The van der Waals surface area contributed by atoms with Gasteiger partial charge in [-0.3, -0.25) is 14.4 Å². The molecule has 0 radical (unpaired) electrons. The van der Waals surface area contributed by atoms with Crippen molar-refractivity contribution in [2.45, 2.75) is 39.5 Å². The van der Waals surface area contributed by atoms with Gasteiger partial charge >= 0.3 is 5.92 Å². The number of amides is 1. The third-order valence-corrected chi connectivity index (χ3v) is 5.66. The molecule has 0 aliphatic heterocycles. The highest BCUT2D eigenvalue weighted by atomic mass is 19.3. The molecule has 0 saturated carbocycles. The number of nitrogens with zero attached hydrogens (tertiary/aromatic N) is 1. The van der Waals surface area contributed by atoms with Gasteiger partial charge in [-0.25, -0.2) is 0 Å². The third-order valence-electron chi connectivity index (χ3n) is 5.66. The largest absolute Gasteiger partial charge is 0.330 e. The fraction of sp³-hybridized carbons (Fsp3) is 0.250. The van der Waals surface area contributed by atoms with Crippen molar-refractivity contribution in [3.8, 4) is 0 Å². The van der Waals surface area contributed by atoms with Crippen molar-refractivity contribution >= 4 is 23.2 Å². The van der Waals surface area contributed by atoms with Crippen LogP contribution in [0.2, 0.25) is 0 Å². The lowest BCUT2D eigenvalue weighted by molar-refractivity contribution is -0.141. The maximum Gasteiger partial charge on any atom is 0.330 e. The van der Waals surface area contributed by atoms with Gasteiger partial charge in [0.15, 0.2) is 0 Å². The van der Waals surface area contributed by atoms with Crippen LogP contribution < -0.4 is 4.90 Å². The van der Waals surface area contributed by atoms with Crippen LogP contribution >= 0.6 is 0 Å². The van der Waals surface area contributed by atoms with Crippen molar-refractivity contribution in [2.75, 3.05) is 11.9 Å². The molecule has 0 aliphatic carbocycles. The molecular formula is C28H27F2NO3. The first-order valence-electron chi connectivity index (χ1n) is 10.9. The van der Waals surface area contributed by atoms with E-state index in [1.54, 1.807) is 36.2 Å². The summed E-state index contributed by atoms with van der Waals surface area (Å²) in [5.41, 5.74) is 4.44. The number of carbonyl (C=O) groups excluding carboxylic acids is 3. The fourth-order valence-corrected chi connectivity index (χ4v) is 3.77. The molecule has 3 rings (SSSR count). The van der Waals surface area contributed by atoms with Gasteiger partial charge < -0.3 is 4.90 Å². The first-order chi connectivity index (χ1) is 16.0. The molecule has 0 fully saturated rings. The number of hydrogen-bond donors (Lipinski definition) is 0. The Labute approximate surface area is 198 Å². The van der Waals surface area contributed by atoms with Crippen LogP contribution in [0.3, 0.4) is 0 Å². The molecule has 0 aliphatic rings. The van der Waals surface area contributed by atoms with Gasteiger partial charge in [-0.2, -0.15) is 8.78 Å². The zero-order valence-electron chi connectivity index (χ0n) is 19.7. The molecule has 0 bridgehead atoms. The Morgan fingerprint density at radius 3 is 1.74 bits per heavy atom. The van der Waals surface area contributed by atoms with Crippen molar-refractivity contribution in [2.24, 2.45) is 0 Å². The highest BCUT2D eigenvalue weighted by Gasteiger charge is 2.37. The number of alkyl halides is 2. The van der Waals surface area contributed by atoms with Crippen LogP contribution in [0, 0.1) is 13.8 Å². The SMILES string of the molecule is CC(=O)C(F)(F)c1ccc(CC(=O)Cc2ccc(C(=O)N(C)c3cc(C)cc(C)c3)cc2)cc1. The maximum atomic E-state index is 13.8. The van der Waals surface area contributed by atoms with Crippen molar-refractivity contribution in [3.05, 3.63) is 100 Å². The number of ketones is 2. The molecule has 176 valence electrons. The predicted molar refractivity (Wildman–Crippen MR) is 129 cm³/mol. The first kappa shape index (κ1) is 25.0. The number of carbonyl (C=O) groups is 3. The Hall–Kier alpha value is -3.67. The van der Waals surface area contributed by atoms with E-state index in [9.17, 15) is 23.2 Å². The number of anilines is 1. The maximum absolute atomic E-state index is 13.8. The molecule has 0 N–H and O–H groups in total. The smallest absolute Gasteiger partial charge is 0.311 e. The summed E-state index contributed by atoms with van der Waals surface area (Å²) in [5, 5.41) is 0. The Morgan fingerprint density at radius 1 is 0.794 bits per heavy atom. The molecule has 0 saturated heterocycles. The molecule has 0 spiro atoms. The Kier molecular flexibility index (Phi) is 7.40. The van der Waals surface area contributed by atoms with E-state index in [1.165, 1.54) is 24.3 Å². The van der Waals surface area contributed by atoms with Crippen LogP contribution in [0.5, 0.6) is 0 Å². The molecule has 0 heterocycles. The Morgan fingerprint density at radius 2 is 1.26 bits per heavy atom. The highest BCUT2D eigenvalue weighted by Crippen LogP contribution is 2.29. The minimum Gasteiger partial charge on any atom is -0.311 e. The normalized spacial score (nSPS) is 11.2. The first-order valence-corrected chi connectivity index (χ1v) is 10.9. The van der Waals surface area contributed by atoms with E-state index in [0.29, 0.717) is 11.1 Å². The van der Waals surface area contributed by atoms with Crippen molar-refractivity contribution in [3.63, 3.8) is 0 Å². The molecule has 1 amide bonds. The molecule has 34 heavy (non-hydrogen) atoms. The van der Waals surface area contributed by atoms with Crippen LogP contribution in [0.15, 0.2) is 66.7 Å². The Bertz CT molecular complexity index is 1200. The van der Waals surface area contributed by atoms with E-state index in [0.717, 1.165) is 29.3 Å². The second kappa shape index (κ2) is 10.1. The lowest BCUT2D eigenvalue weighted by Gasteiger charge is -2.19. The number of halogens is 2. The number of Topliss-reactive ketones (excluding diaryl/α,β-unsaturated/α-hetero) is 2. The van der Waals surface area contributed by atoms with Gasteiger partial charge in [0.2, 0.25) is 5.78 Å². The van der Waals surface area contributed by atoms with Crippen molar-refractivity contribution in [1.29, 1.82) is 0 Å². The number of hydrogen-bond acceptors (Lipinski definition) is 3. The standard InChI is InChI=1S/C28H27F2NO3/c1-18-13-19(2)15-25(14-18)31(4)27(34)23-9-5-21(6-10-23)16-26(33)17-22-7-11-24(12-8-22)28(29,30)20(3)32/h5-15H,16-17H2,1-4H3. The van der Waals surface area contributed by atoms with E-state index in [4.69, 9.17) is 0 Å². The van der Waals surface area contributed by atoms with Crippen LogP contribution in [0.4, 0.5) is 14.5 Å². The topological polar surface area (TPSA) is 54.5 Å². The summed E-state index contributed by atoms with van der Waals surface area (Å²) in [7, 11) is 1.73. The molecule has 0 atom stereocenters. The summed E-state index contributed by atoms with van der Waals surface area (Å²) in [4.78, 5) is 38.0. The van der Waals surface area contributed by atoms with E-state index < -0.39 is 11.7 Å². The predicted octanol–water partition coefficient (Wildman–Crippen LogP) is 5.62. The van der Waals surface area contributed by atoms with E-state index >= 15 is 0 Å². The minimum absolute atomic E-state index is 0.0854. The van der Waals surface area contributed by atoms with Gasteiger partial charge in [0, 0.05) is 43.6 Å². The fourth-order valence-electron chi connectivity index (χ4n) is 3.77. The van der Waals surface area contributed by atoms with Crippen LogP contribution in [-0.4, -0.2) is 24.5 Å². The molecule has 0 aromatic heterocycles. The highest BCUT2D eigenvalue weighted by molar-refractivity contribution is 6.05. The quantitative estimate of drug-likeness (QED) is 0.436. The average molecular weight is 464 g/mol. The summed E-state index contributed by atoms with van der Waals surface area (Å²) in [6, 6.07) is 18.1. The lowest BCUT2D eigenvalue weighted by Crippen LogP contribution is -2.26. The number of benzene rings is 3. The minimum atomic E-state index is -3.53. The van der Waals surface area contributed by atoms with Gasteiger partial charge in [-0.1, -0.05) is 42.5 Å². The van der Waals surface area contributed by atoms with E-state index in [1.807, 2.05) is 32.0 Å². The second-order valence-electron chi connectivity index (χ2n) is 8.63. The van der Waals surface area contributed by atoms with E-state index in [2.05, 4.69) is 0 Å². The second-order valence-corrected chi connectivity index (χ2v) is 8.63. The molecule has 4 nitrogen and oxygen atoms in total. The van der Waals surface area contributed by atoms with Crippen molar-refractivity contribution < 1.29 is 23.2 Å². The van der Waals surface area contributed by atoms with Gasteiger partial charge in [-0.05, 0) is 60.4 Å². The summed E-state index contributed by atoms with van der Waals surface area (Å²) >= 11 is 0. The monoisotopic (exact) mass is 463 g/mol. The van der Waals surface area contributed by atoms with Crippen molar-refractivity contribution in [1.82, 2.24) is 0 Å². The zero-order chi connectivity index (χ0) is 25.0. The van der Waals surface area contributed by atoms with Crippen LogP contribution in [0.25, 0.3) is 0 Å². The van der Waals surface area contributed by atoms with Gasteiger partial charge in [0.05, 0.1) is 0 Å². The molecule has 0 unspecified atom stereocenters. The van der Waals surface area contributed by atoms with Gasteiger partial charge in [0.1, 0.15) is 5.78 Å². The zero-order valence-corrected chi connectivity index (χ0v) is 19.7.